The smallest absolute Gasteiger partial charge is 0.222 e. The molecule has 152 valence electrons. The molecule has 2 aromatic carbocycles. The molecule has 7 heteroatoms. The van der Waals surface area contributed by atoms with Crippen molar-refractivity contribution in [2.24, 2.45) is 4.99 Å². The number of carbonyl (C=O) groups is 1. The number of hydrogen-bond donors (Lipinski definition) is 4. The number of hydrogen-bond acceptors (Lipinski definition) is 4. The number of aliphatic imine (C=N–C) groups is 1. The fourth-order valence-corrected chi connectivity index (χ4v) is 3.91. The molecule has 3 rings (SSSR count). The monoisotopic (exact) mass is 410 g/mol. The van der Waals surface area contributed by atoms with Gasteiger partial charge in [0.15, 0.2) is 5.96 Å². The molecule has 29 heavy (non-hydrogen) atoms. The van der Waals surface area contributed by atoms with Crippen molar-refractivity contribution in [2.45, 2.75) is 19.1 Å². The first-order chi connectivity index (χ1) is 14.2. The zero-order valence-electron chi connectivity index (χ0n) is 16.4. The van der Waals surface area contributed by atoms with Crippen LogP contribution in [0.3, 0.4) is 0 Å². The Labute approximate surface area is 174 Å². The van der Waals surface area contributed by atoms with Gasteiger partial charge in [0.25, 0.3) is 0 Å². The maximum absolute atomic E-state index is 12.0. The van der Waals surface area contributed by atoms with Crippen LogP contribution in [0.5, 0.6) is 0 Å². The lowest BCUT2D eigenvalue weighted by molar-refractivity contribution is -0.121. The summed E-state index contributed by atoms with van der Waals surface area (Å²) in [5.41, 5.74) is 1.07. The number of thiophene rings is 1. The van der Waals surface area contributed by atoms with Crippen LogP contribution in [0.4, 0.5) is 0 Å². The molecule has 1 unspecified atom stereocenters. The Bertz CT molecular complexity index is 923. The molecule has 1 atom stereocenters. The lowest BCUT2D eigenvalue weighted by Gasteiger charge is -2.14. The summed E-state index contributed by atoms with van der Waals surface area (Å²) in [5, 5.41) is 20.7. The highest BCUT2D eigenvalue weighted by Crippen LogP contribution is 2.29. The number of carbonyl (C=O) groups excluding carboxylic acids is 1. The van der Waals surface area contributed by atoms with Gasteiger partial charge in [-0.1, -0.05) is 48.5 Å². The molecule has 0 saturated heterocycles. The van der Waals surface area contributed by atoms with Gasteiger partial charge in [-0.15, -0.1) is 11.3 Å². The van der Waals surface area contributed by atoms with E-state index in [0.29, 0.717) is 32.0 Å². The molecular weight excluding hydrogens is 384 g/mol. The normalized spacial score (nSPS) is 12.6. The summed E-state index contributed by atoms with van der Waals surface area (Å²) in [6.07, 6.45) is -0.285. The number of amides is 1. The lowest BCUT2D eigenvalue weighted by Crippen LogP contribution is -2.40. The Morgan fingerprint density at radius 3 is 2.59 bits per heavy atom. The molecular formula is C22H26N4O2S. The summed E-state index contributed by atoms with van der Waals surface area (Å²) < 4.78 is 1.16. The molecule has 0 aliphatic carbocycles. The first kappa shape index (κ1) is 20.8. The summed E-state index contributed by atoms with van der Waals surface area (Å²) in [4.78, 5) is 17.0. The molecule has 0 radical (unpaired) electrons. The number of benzene rings is 2. The van der Waals surface area contributed by atoms with Gasteiger partial charge in [-0.05, 0) is 23.1 Å². The minimum absolute atomic E-state index is 0.0258. The third-order valence-corrected chi connectivity index (χ3v) is 5.65. The molecule has 1 amide bonds. The van der Waals surface area contributed by atoms with Crippen molar-refractivity contribution < 1.29 is 9.90 Å². The Kier molecular flexibility index (Phi) is 7.61. The maximum Gasteiger partial charge on any atom is 0.222 e. The summed E-state index contributed by atoms with van der Waals surface area (Å²) in [7, 11) is 1.66. The summed E-state index contributed by atoms with van der Waals surface area (Å²) in [5.74, 6) is 0.531. The van der Waals surface area contributed by atoms with E-state index >= 15 is 0 Å². The molecule has 0 aliphatic rings. The van der Waals surface area contributed by atoms with E-state index in [2.05, 4.69) is 20.9 Å². The molecule has 4 N–H and O–H groups in total. The van der Waals surface area contributed by atoms with Crippen molar-refractivity contribution in [1.29, 1.82) is 0 Å². The lowest BCUT2D eigenvalue weighted by atomic mass is 10.2. The average Bonchev–Trinajstić information content (AvgIpc) is 3.19. The number of nitrogens with zero attached hydrogens (tertiary/aromatic N) is 1. The van der Waals surface area contributed by atoms with Crippen molar-refractivity contribution in [3.8, 4) is 0 Å². The maximum atomic E-state index is 12.0. The Morgan fingerprint density at radius 2 is 1.83 bits per heavy atom. The zero-order valence-corrected chi connectivity index (χ0v) is 17.2. The number of fused-ring (bicyclic) bond motifs is 1. The largest absolute Gasteiger partial charge is 0.386 e. The second-order valence-corrected chi connectivity index (χ2v) is 7.71. The van der Waals surface area contributed by atoms with E-state index in [1.165, 1.54) is 0 Å². The molecule has 0 bridgehead atoms. The number of aliphatic hydroxyl groups is 1. The van der Waals surface area contributed by atoms with Crippen LogP contribution in [0.15, 0.2) is 65.7 Å². The van der Waals surface area contributed by atoms with Crippen molar-refractivity contribution in [1.82, 2.24) is 16.0 Å². The Balaban J connectivity index is 1.38. The van der Waals surface area contributed by atoms with Gasteiger partial charge in [-0.2, -0.15) is 0 Å². The van der Waals surface area contributed by atoms with E-state index in [9.17, 15) is 9.90 Å². The molecule has 1 aromatic heterocycles. The van der Waals surface area contributed by atoms with E-state index in [-0.39, 0.29) is 5.91 Å². The van der Waals surface area contributed by atoms with Crippen LogP contribution in [0, 0.1) is 0 Å². The van der Waals surface area contributed by atoms with E-state index in [1.54, 1.807) is 18.4 Å². The van der Waals surface area contributed by atoms with Crippen molar-refractivity contribution in [2.75, 3.05) is 20.1 Å². The van der Waals surface area contributed by atoms with Crippen LogP contribution in [0.2, 0.25) is 0 Å². The number of guanidine groups is 1. The summed E-state index contributed by atoms with van der Waals surface area (Å²) in [6, 6.07) is 19.9. The van der Waals surface area contributed by atoms with E-state index in [0.717, 1.165) is 20.5 Å². The molecule has 0 spiro atoms. The molecule has 0 fully saturated rings. The Morgan fingerprint density at radius 1 is 1.07 bits per heavy atom. The van der Waals surface area contributed by atoms with Crippen LogP contribution in [0.25, 0.3) is 10.1 Å². The zero-order chi connectivity index (χ0) is 20.5. The van der Waals surface area contributed by atoms with E-state index in [4.69, 9.17) is 0 Å². The van der Waals surface area contributed by atoms with Crippen LogP contribution < -0.4 is 16.0 Å². The first-order valence-corrected chi connectivity index (χ1v) is 10.4. The number of nitrogens with one attached hydrogen (secondary N) is 3. The third-order valence-electron chi connectivity index (χ3n) is 4.44. The Hall–Kier alpha value is -2.90. The fraction of sp³-hybridized carbons (Fsp3) is 0.273. The highest BCUT2D eigenvalue weighted by molar-refractivity contribution is 7.19. The number of rotatable bonds is 8. The topological polar surface area (TPSA) is 85.8 Å². The third kappa shape index (κ3) is 6.30. The minimum Gasteiger partial charge on any atom is -0.386 e. The number of aliphatic hydroxyl groups excluding tert-OH is 1. The van der Waals surface area contributed by atoms with Gasteiger partial charge in [0.1, 0.15) is 6.10 Å². The van der Waals surface area contributed by atoms with Gasteiger partial charge in [0, 0.05) is 42.7 Å². The second kappa shape index (κ2) is 10.6. The van der Waals surface area contributed by atoms with E-state index in [1.807, 2.05) is 60.7 Å². The van der Waals surface area contributed by atoms with Crippen LogP contribution >= 0.6 is 11.3 Å². The minimum atomic E-state index is -0.625. The summed E-state index contributed by atoms with van der Waals surface area (Å²) in [6.45, 7) is 1.32. The molecule has 3 aromatic rings. The second-order valence-electron chi connectivity index (χ2n) is 6.59. The van der Waals surface area contributed by atoms with Crippen molar-refractivity contribution in [3.63, 3.8) is 0 Å². The van der Waals surface area contributed by atoms with Crippen molar-refractivity contribution >= 4 is 33.3 Å². The highest BCUT2D eigenvalue weighted by Gasteiger charge is 2.12. The highest BCUT2D eigenvalue weighted by atomic mass is 32.1. The van der Waals surface area contributed by atoms with Crippen LogP contribution in [-0.2, 0) is 11.3 Å². The fourth-order valence-electron chi connectivity index (χ4n) is 2.86. The van der Waals surface area contributed by atoms with Crippen LogP contribution in [0.1, 0.15) is 23.0 Å². The predicted molar refractivity (Wildman–Crippen MR) is 119 cm³/mol. The van der Waals surface area contributed by atoms with Gasteiger partial charge in [0.2, 0.25) is 5.91 Å². The van der Waals surface area contributed by atoms with E-state index < -0.39 is 6.10 Å². The van der Waals surface area contributed by atoms with Gasteiger partial charge >= 0.3 is 0 Å². The quantitative estimate of drug-likeness (QED) is 0.340. The predicted octanol–water partition coefficient (Wildman–Crippen LogP) is 2.81. The standard InChI is InChI=1S/C22H26N4O2S/c1-23-22(24-12-11-21(28)25-14-16-7-3-2-4-8-16)26-15-18(27)20-13-17-9-5-6-10-19(17)29-20/h2-10,13,18,27H,11-12,14-15H2,1H3,(H,25,28)(H2,23,24,26). The first-order valence-electron chi connectivity index (χ1n) is 9.57. The molecule has 0 saturated carbocycles. The summed E-state index contributed by atoms with van der Waals surface area (Å²) >= 11 is 1.59. The van der Waals surface area contributed by atoms with Gasteiger partial charge < -0.3 is 21.1 Å². The van der Waals surface area contributed by atoms with Crippen molar-refractivity contribution in [3.05, 3.63) is 71.1 Å². The molecule has 6 nitrogen and oxygen atoms in total. The molecule has 1 heterocycles. The van der Waals surface area contributed by atoms with Gasteiger partial charge in [-0.3, -0.25) is 9.79 Å². The average molecular weight is 411 g/mol. The molecule has 0 aliphatic heterocycles. The van der Waals surface area contributed by atoms with Crippen LogP contribution in [-0.4, -0.2) is 37.1 Å². The van der Waals surface area contributed by atoms with Gasteiger partial charge in [-0.25, -0.2) is 0 Å². The SMILES string of the molecule is CN=C(NCCC(=O)NCc1ccccc1)NCC(O)c1cc2ccccc2s1. The van der Waals surface area contributed by atoms with Gasteiger partial charge in [0.05, 0.1) is 0 Å².